The van der Waals surface area contributed by atoms with Crippen molar-refractivity contribution in [3.8, 4) is 11.8 Å². The zero-order valence-corrected chi connectivity index (χ0v) is 15.9. The van der Waals surface area contributed by atoms with Crippen LogP contribution in [0.5, 0.6) is 5.75 Å². The molecular formula is C24H19FN2O2. The van der Waals surface area contributed by atoms with E-state index in [2.05, 4.69) is 5.32 Å². The Morgan fingerprint density at radius 2 is 1.83 bits per heavy atom. The van der Waals surface area contributed by atoms with Crippen LogP contribution in [0.2, 0.25) is 0 Å². The molecule has 3 aromatic carbocycles. The third-order valence-electron chi connectivity index (χ3n) is 4.16. The van der Waals surface area contributed by atoms with Gasteiger partial charge in [0.15, 0.2) is 0 Å². The van der Waals surface area contributed by atoms with Crippen molar-refractivity contribution < 1.29 is 13.9 Å². The maximum absolute atomic E-state index is 13.0. The zero-order chi connectivity index (χ0) is 20.6. The van der Waals surface area contributed by atoms with Crippen LogP contribution in [0.3, 0.4) is 0 Å². The second-order valence-corrected chi connectivity index (χ2v) is 6.48. The molecule has 0 heterocycles. The highest BCUT2D eigenvalue weighted by molar-refractivity contribution is 6.09. The lowest BCUT2D eigenvalue weighted by molar-refractivity contribution is -0.112. The quantitative estimate of drug-likeness (QED) is 0.464. The number of benzene rings is 3. The number of hydrogen-bond acceptors (Lipinski definition) is 3. The predicted octanol–water partition coefficient (Wildman–Crippen LogP) is 5.26. The summed E-state index contributed by atoms with van der Waals surface area (Å²) in [6.07, 6.45) is 1.48. The predicted molar refractivity (Wildman–Crippen MR) is 111 cm³/mol. The van der Waals surface area contributed by atoms with Gasteiger partial charge >= 0.3 is 0 Å². The molecule has 4 nitrogen and oxygen atoms in total. The van der Waals surface area contributed by atoms with Gasteiger partial charge in [-0.2, -0.15) is 5.26 Å². The molecule has 0 aliphatic heterocycles. The molecule has 0 aliphatic carbocycles. The van der Waals surface area contributed by atoms with Crippen LogP contribution in [-0.4, -0.2) is 5.91 Å². The van der Waals surface area contributed by atoms with Gasteiger partial charge in [-0.1, -0.05) is 42.0 Å². The van der Waals surface area contributed by atoms with E-state index in [9.17, 15) is 14.4 Å². The zero-order valence-electron chi connectivity index (χ0n) is 15.9. The maximum atomic E-state index is 13.0. The lowest BCUT2D eigenvalue weighted by Gasteiger charge is -2.08. The third kappa shape index (κ3) is 5.78. The van der Waals surface area contributed by atoms with Crippen LogP contribution in [0.1, 0.15) is 16.7 Å². The van der Waals surface area contributed by atoms with Gasteiger partial charge in [0.25, 0.3) is 5.91 Å². The van der Waals surface area contributed by atoms with E-state index < -0.39 is 11.7 Å². The van der Waals surface area contributed by atoms with Crippen molar-refractivity contribution >= 4 is 17.7 Å². The summed E-state index contributed by atoms with van der Waals surface area (Å²) in [6, 6.07) is 22.4. The van der Waals surface area contributed by atoms with Gasteiger partial charge in [0, 0.05) is 5.69 Å². The van der Waals surface area contributed by atoms with E-state index >= 15 is 0 Å². The Balaban J connectivity index is 1.69. The number of hydrogen-bond donors (Lipinski definition) is 1. The Morgan fingerprint density at radius 3 is 2.52 bits per heavy atom. The number of ether oxygens (including phenoxy) is 1. The lowest BCUT2D eigenvalue weighted by atomic mass is 10.1. The Hall–Kier alpha value is -3.91. The molecule has 1 N–H and O–H groups in total. The topological polar surface area (TPSA) is 62.1 Å². The van der Waals surface area contributed by atoms with E-state index in [1.54, 1.807) is 18.2 Å². The fraction of sp³-hybridized carbons (Fsp3) is 0.0833. The first kappa shape index (κ1) is 19.8. The largest absolute Gasteiger partial charge is 0.489 e. The number of nitrogens with one attached hydrogen (secondary N) is 1. The first-order chi connectivity index (χ1) is 14.0. The average Bonchev–Trinajstić information content (AvgIpc) is 2.73. The van der Waals surface area contributed by atoms with Crippen molar-refractivity contribution in [2.45, 2.75) is 13.5 Å². The molecule has 0 spiro atoms. The number of rotatable bonds is 6. The second kappa shape index (κ2) is 9.34. The fourth-order valence-electron chi connectivity index (χ4n) is 2.59. The first-order valence-corrected chi connectivity index (χ1v) is 9.00. The van der Waals surface area contributed by atoms with Crippen molar-refractivity contribution in [2.75, 3.05) is 5.32 Å². The van der Waals surface area contributed by atoms with Gasteiger partial charge in [-0.05, 0) is 60.5 Å². The molecule has 0 saturated heterocycles. The molecule has 0 atom stereocenters. The minimum absolute atomic E-state index is 0.0648. The minimum Gasteiger partial charge on any atom is -0.489 e. The van der Waals surface area contributed by atoms with Gasteiger partial charge < -0.3 is 10.1 Å². The summed E-state index contributed by atoms with van der Waals surface area (Å²) < 4.78 is 18.8. The van der Waals surface area contributed by atoms with Crippen LogP contribution in [-0.2, 0) is 11.4 Å². The van der Waals surface area contributed by atoms with Crippen molar-refractivity contribution in [1.82, 2.24) is 0 Å². The SMILES string of the molecule is Cc1ccc(COc2cccc(/C=C(/C#N)C(=O)Nc3ccc(F)cc3)c2)cc1. The Bertz CT molecular complexity index is 1070. The molecule has 0 saturated carbocycles. The summed E-state index contributed by atoms with van der Waals surface area (Å²) in [6.45, 7) is 2.45. The first-order valence-electron chi connectivity index (χ1n) is 9.00. The third-order valence-corrected chi connectivity index (χ3v) is 4.16. The number of nitrogens with zero attached hydrogens (tertiary/aromatic N) is 1. The van der Waals surface area contributed by atoms with E-state index in [4.69, 9.17) is 4.74 Å². The van der Waals surface area contributed by atoms with Crippen molar-refractivity contribution in [2.24, 2.45) is 0 Å². The van der Waals surface area contributed by atoms with E-state index in [-0.39, 0.29) is 5.57 Å². The molecule has 1 amide bonds. The van der Waals surface area contributed by atoms with E-state index in [1.807, 2.05) is 43.3 Å². The summed E-state index contributed by atoms with van der Waals surface area (Å²) in [7, 11) is 0. The van der Waals surface area contributed by atoms with Crippen molar-refractivity contribution in [3.63, 3.8) is 0 Å². The lowest BCUT2D eigenvalue weighted by Crippen LogP contribution is -2.13. The number of halogens is 1. The van der Waals surface area contributed by atoms with Gasteiger partial charge in [-0.25, -0.2) is 4.39 Å². The number of carbonyl (C=O) groups excluding carboxylic acids is 1. The van der Waals surface area contributed by atoms with Crippen LogP contribution in [0, 0.1) is 24.1 Å². The minimum atomic E-state index is -0.565. The van der Waals surface area contributed by atoms with Gasteiger partial charge in [-0.15, -0.1) is 0 Å². The molecular weight excluding hydrogens is 367 g/mol. The van der Waals surface area contributed by atoms with Crippen LogP contribution in [0.4, 0.5) is 10.1 Å². The summed E-state index contributed by atoms with van der Waals surface area (Å²) >= 11 is 0. The molecule has 5 heteroatoms. The molecule has 0 radical (unpaired) electrons. The van der Waals surface area contributed by atoms with Gasteiger partial charge in [0.1, 0.15) is 29.8 Å². The summed E-state index contributed by atoms with van der Waals surface area (Å²) in [5, 5.41) is 11.9. The molecule has 3 rings (SSSR count). The smallest absolute Gasteiger partial charge is 0.266 e. The van der Waals surface area contributed by atoms with E-state index in [0.29, 0.717) is 23.6 Å². The van der Waals surface area contributed by atoms with E-state index in [0.717, 1.165) is 5.56 Å². The second-order valence-electron chi connectivity index (χ2n) is 6.48. The molecule has 0 unspecified atom stereocenters. The highest BCUT2D eigenvalue weighted by atomic mass is 19.1. The molecule has 3 aromatic rings. The maximum Gasteiger partial charge on any atom is 0.266 e. The molecule has 29 heavy (non-hydrogen) atoms. The summed E-state index contributed by atoms with van der Waals surface area (Å²) in [5.74, 6) is -0.331. The van der Waals surface area contributed by atoms with Gasteiger partial charge in [-0.3, -0.25) is 4.79 Å². The van der Waals surface area contributed by atoms with Crippen LogP contribution in [0.25, 0.3) is 6.08 Å². The van der Waals surface area contributed by atoms with Gasteiger partial charge in [0.05, 0.1) is 0 Å². The normalized spacial score (nSPS) is 10.9. The van der Waals surface area contributed by atoms with Crippen LogP contribution < -0.4 is 10.1 Å². The van der Waals surface area contributed by atoms with Crippen LogP contribution >= 0.6 is 0 Å². The van der Waals surface area contributed by atoms with Crippen molar-refractivity contribution in [1.29, 1.82) is 5.26 Å². The van der Waals surface area contributed by atoms with Crippen LogP contribution in [0.15, 0.2) is 78.4 Å². The number of aryl methyl sites for hydroxylation is 1. The summed E-state index contributed by atoms with van der Waals surface area (Å²) in [5.41, 5.74) is 3.24. The van der Waals surface area contributed by atoms with Crippen molar-refractivity contribution in [3.05, 3.63) is 101 Å². The Labute approximate surface area is 168 Å². The van der Waals surface area contributed by atoms with E-state index in [1.165, 1.54) is 35.9 Å². The monoisotopic (exact) mass is 386 g/mol. The molecule has 0 fully saturated rings. The molecule has 144 valence electrons. The average molecular weight is 386 g/mol. The Morgan fingerprint density at radius 1 is 1.10 bits per heavy atom. The number of amides is 1. The molecule has 0 bridgehead atoms. The van der Waals surface area contributed by atoms with Gasteiger partial charge in [0.2, 0.25) is 0 Å². The standard InChI is InChI=1S/C24H19FN2O2/c1-17-5-7-18(8-6-17)16-29-23-4-2-3-19(14-23)13-20(15-26)24(28)27-22-11-9-21(25)10-12-22/h2-14H,16H2,1H3,(H,27,28)/b20-13-. The molecule has 0 aliphatic rings. The highest BCUT2D eigenvalue weighted by Gasteiger charge is 2.10. The number of carbonyl (C=O) groups is 1. The Kier molecular flexibility index (Phi) is 6.39. The molecule has 0 aromatic heterocycles. The number of nitriles is 1. The highest BCUT2D eigenvalue weighted by Crippen LogP contribution is 2.18. The summed E-state index contributed by atoms with van der Waals surface area (Å²) in [4.78, 5) is 12.3. The fourth-order valence-corrected chi connectivity index (χ4v) is 2.59. The number of anilines is 1.